The maximum atomic E-state index is 11.0. The van der Waals surface area contributed by atoms with Crippen LogP contribution < -0.4 is 14.2 Å². The Kier molecular flexibility index (Phi) is 7.55. The smallest absolute Gasteiger partial charge is 0.335 e. The van der Waals surface area contributed by atoms with Gasteiger partial charge in [0.2, 0.25) is 5.75 Å². The van der Waals surface area contributed by atoms with E-state index in [0.29, 0.717) is 22.8 Å². The lowest BCUT2D eigenvalue weighted by molar-refractivity contribution is 0.0697. The van der Waals surface area contributed by atoms with E-state index in [4.69, 9.17) is 19.3 Å². The number of carboxylic acid groups (broad SMARTS) is 1. The first-order valence-electron chi connectivity index (χ1n) is 10.2. The summed E-state index contributed by atoms with van der Waals surface area (Å²) in [5, 5.41) is 9.01. The molecular weight excluding hydrogens is 392 g/mol. The number of hydrogen-bond donors (Lipinski definition) is 1. The Balaban J connectivity index is 1.63. The molecule has 0 spiro atoms. The summed E-state index contributed by atoms with van der Waals surface area (Å²) in [5.74, 6) is 1.04. The van der Waals surface area contributed by atoms with Crippen LogP contribution in [0.15, 0.2) is 60.7 Å². The van der Waals surface area contributed by atoms with Gasteiger partial charge in [-0.1, -0.05) is 36.4 Å². The molecule has 0 saturated heterocycles. The minimum Gasteiger partial charge on any atom is -0.493 e. The average molecular weight is 421 g/mol. The third kappa shape index (κ3) is 5.79. The van der Waals surface area contributed by atoms with Crippen molar-refractivity contribution < 1.29 is 24.1 Å². The number of carbonyl (C=O) groups is 1. The van der Waals surface area contributed by atoms with Gasteiger partial charge in [0.05, 0.1) is 26.9 Å². The van der Waals surface area contributed by atoms with Gasteiger partial charge < -0.3 is 19.3 Å². The Labute approximate surface area is 183 Å². The average Bonchev–Trinajstić information content (AvgIpc) is 2.81. The minimum atomic E-state index is -0.897. The molecule has 0 atom stereocenters. The van der Waals surface area contributed by atoms with E-state index in [1.165, 1.54) is 11.1 Å². The molecule has 3 rings (SSSR count). The summed E-state index contributed by atoms with van der Waals surface area (Å²) in [6.07, 6.45) is 3.54. The SMILES string of the molecule is COc1cc(CCc2cccc(CCc3ccc(C(=O)O)cc3)c2)cc(OC)c1OC. The van der Waals surface area contributed by atoms with Crippen LogP contribution in [0.5, 0.6) is 17.2 Å². The van der Waals surface area contributed by atoms with Crippen LogP contribution in [-0.4, -0.2) is 32.4 Å². The van der Waals surface area contributed by atoms with Gasteiger partial charge in [-0.15, -0.1) is 0 Å². The molecule has 3 aromatic carbocycles. The molecule has 0 aliphatic rings. The molecule has 0 heterocycles. The van der Waals surface area contributed by atoms with Crippen molar-refractivity contribution >= 4 is 5.97 Å². The van der Waals surface area contributed by atoms with Crippen LogP contribution >= 0.6 is 0 Å². The van der Waals surface area contributed by atoms with Gasteiger partial charge in [0.15, 0.2) is 11.5 Å². The molecule has 0 aromatic heterocycles. The molecule has 5 heteroatoms. The topological polar surface area (TPSA) is 65.0 Å². The first-order valence-corrected chi connectivity index (χ1v) is 10.2. The van der Waals surface area contributed by atoms with Crippen molar-refractivity contribution in [2.45, 2.75) is 25.7 Å². The maximum Gasteiger partial charge on any atom is 0.335 e. The van der Waals surface area contributed by atoms with Crippen LogP contribution in [0.4, 0.5) is 0 Å². The minimum absolute atomic E-state index is 0.317. The fraction of sp³-hybridized carbons (Fsp3) is 0.269. The standard InChI is InChI=1S/C26H28O5/c1-29-23-16-21(17-24(30-2)25(23)31-3)10-9-20-6-4-5-19(15-20)8-7-18-11-13-22(14-12-18)26(27)28/h4-6,11-17H,7-10H2,1-3H3,(H,27,28). The van der Waals surface area contributed by atoms with E-state index < -0.39 is 5.97 Å². The third-order valence-electron chi connectivity index (χ3n) is 5.32. The number of carboxylic acids is 1. The molecule has 0 amide bonds. The van der Waals surface area contributed by atoms with Crippen LogP contribution in [0.2, 0.25) is 0 Å². The Morgan fingerprint density at radius 2 is 1.19 bits per heavy atom. The number of ether oxygens (including phenoxy) is 3. The number of rotatable bonds is 10. The van der Waals surface area contributed by atoms with E-state index >= 15 is 0 Å². The lowest BCUT2D eigenvalue weighted by Crippen LogP contribution is -1.99. The summed E-state index contributed by atoms with van der Waals surface area (Å²) in [5.41, 5.74) is 5.11. The van der Waals surface area contributed by atoms with Crippen molar-refractivity contribution in [1.82, 2.24) is 0 Å². The zero-order chi connectivity index (χ0) is 22.2. The van der Waals surface area contributed by atoms with Crippen molar-refractivity contribution in [3.05, 3.63) is 88.5 Å². The fourth-order valence-corrected chi connectivity index (χ4v) is 3.61. The van der Waals surface area contributed by atoms with Crippen molar-refractivity contribution in [2.75, 3.05) is 21.3 Å². The summed E-state index contributed by atoms with van der Waals surface area (Å²) < 4.78 is 16.3. The largest absolute Gasteiger partial charge is 0.493 e. The highest BCUT2D eigenvalue weighted by Gasteiger charge is 2.13. The molecule has 0 bridgehead atoms. The molecule has 0 aliphatic heterocycles. The summed E-state index contributed by atoms with van der Waals surface area (Å²) in [6, 6.07) is 19.7. The van der Waals surface area contributed by atoms with Gasteiger partial charge in [-0.2, -0.15) is 0 Å². The summed E-state index contributed by atoms with van der Waals surface area (Å²) in [4.78, 5) is 11.0. The van der Waals surface area contributed by atoms with Crippen LogP contribution in [-0.2, 0) is 25.7 Å². The molecule has 5 nitrogen and oxygen atoms in total. The highest BCUT2D eigenvalue weighted by molar-refractivity contribution is 5.87. The first kappa shape index (κ1) is 22.2. The highest BCUT2D eigenvalue weighted by atomic mass is 16.5. The zero-order valence-electron chi connectivity index (χ0n) is 18.2. The summed E-state index contributed by atoms with van der Waals surface area (Å²) in [6.45, 7) is 0. The van der Waals surface area contributed by atoms with Gasteiger partial charge in [0, 0.05) is 0 Å². The van der Waals surface area contributed by atoms with Gasteiger partial charge in [-0.25, -0.2) is 4.79 Å². The normalized spacial score (nSPS) is 10.5. The second-order valence-electron chi connectivity index (χ2n) is 7.36. The second kappa shape index (κ2) is 10.5. The van der Waals surface area contributed by atoms with Crippen molar-refractivity contribution in [3.63, 3.8) is 0 Å². The number of benzene rings is 3. The Morgan fingerprint density at radius 3 is 1.68 bits per heavy atom. The van der Waals surface area contributed by atoms with Crippen molar-refractivity contribution in [1.29, 1.82) is 0 Å². The molecule has 162 valence electrons. The number of aromatic carboxylic acids is 1. The lowest BCUT2D eigenvalue weighted by Gasteiger charge is -2.14. The van der Waals surface area contributed by atoms with Crippen molar-refractivity contribution in [2.24, 2.45) is 0 Å². The Hall–Kier alpha value is -3.47. The Morgan fingerprint density at radius 1 is 0.677 bits per heavy atom. The molecule has 3 aromatic rings. The molecule has 0 aliphatic carbocycles. The zero-order valence-corrected chi connectivity index (χ0v) is 18.2. The molecule has 0 saturated carbocycles. The van der Waals surface area contributed by atoms with Gasteiger partial charge in [-0.05, 0) is 72.2 Å². The van der Waals surface area contributed by atoms with E-state index in [-0.39, 0.29) is 0 Å². The maximum absolute atomic E-state index is 11.0. The van der Waals surface area contributed by atoms with E-state index in [0.717, 1.165) is 36.8 Å². The molecular formula is C26H28O5. The quantitative estimate of drug-likeness (QED) is 0.501. The first-order chi connectivity index (χ1) is 15.0. The Bertz CT molecular complexity index is 999. The number of hydrogen-bond acceptors (Lipinski definition) is 4. The number of methoxy groups -OCH3 is 3. The molecule has 0 fully saturated rings. The molecule has 0 unspecified atom stereocenters. The molecule has 1 N–H and O–H groups in total. The van der Waals surface area contributed by atoms with E-state index in [1.807, 2.05) is 24.3 Å². The summed E-state index contributed by atoms with van der Waals surface area (Å²) >= 11 is 0. The monoisotopic (exact) mass is 420 g/mol. The van der Waals surface area contributed by atoms with Gasteiger partial charge in [-0.3, -0.25) is 0 Å². The van der Waals surface area contributed by atoms with E-state index in [1.54, 1.807) is 33.5 Å². The van der Waals surface area contributed by atoms with Gasteiger partial charge >= 0.3 is 5.97 Å². The predicted octanol–water partition coefficient (Wildman–Crippen LogP) is 4.98. The summed E-state index contributed by atoms with van der Waals surface area (Å²) in [7, 11) is 4.85. The van der Waals surface area contributed by atoms with E-state index in [2.05, 4.69) is 24.3 Å². The van der Waals surface area contributed by atoms with Crippen LogP contribution in [0.25, 0.3) is 0 Å². The highest BCUT2D eigenvalue weighted by Crippen LogP contribution is 2.38. The molecule has 31 heavy (non-hydrogen) atoms. The van der Waals surface area contributed by atoms with Crippen LogP contribution in [0, 0.1) is 0 Å². The molecule has 0 radical (unpaired) electrons. The van der Waals surface area contributed by atoms with E-state index in [9.17, 15) is 4.79 Å². The lowest BCUT2D eigenvalue weighted by atomic mass is 9.98. The third-order valence-corrected chi connectivity index (χ3v) is 5.32. The van der Waals surface area contributed by atoms with Gasteiger partial charge in [0.1, 0.15) is 0 Å². The second-order valence-corrected chi connectivity index (χ2v) is 7.36. The van der Waals surface area contributed by atoms with Crippen LogP contribution in [0.3, 0.4) is 0 Å². The number of aryl methyl sites for hydroxylation is 4. The van der Waals surface area contributed by atoms with Crippen molar-refractivity contribution in [3.8, 4) is 17.2 Å². The van der Waals surface area contributed by atoms with Crippen LogP contribution in [0.1, 0.15) is 32.6 Å². The predicted molar refractivity (Wildman–Crippen MR) is 121 cm³/mol. The fourth-order valence-electron chi connectivity index (χ4n) is 3.61. The van der Waals surface area contributed by atoms with Gasteiger partial charge in [0.25, 0.3) is 0 Å².